The Morgan fingerprint density at radius 1 is 0.971 bits per heavy atom. The standard InChI is InChI=1S/C27H26N4O2S/c1-16-22-17(2)29-24(19-12-13-19)31-27(22)34-23(16)26(33)30-21-11-7-6-10-20(21)25(32)28-15-14-18-8-4-3-5-9-18/h3-11,19H,12-15H2,1-2H3,(H,28,32)(H,30,33). The Kier molecular flexibility index (Phi) is 6.11. The summed E-state index contributed by atoms with van der Waals surface area (Å²) in [6, 6.07) is 17.1. The van der Waals surface area contributed by atoms with Crippen molar-refractivity contribution in [1.29, 1.82) is 0 Å². The Bertz CT molecular complexity index is 1380. The lowest BCUT2D eigenvalue weighted by atomic mass is 10.1. The number of carbonyl (C=O) groups excluding carboxylic acids is 2. The molecule has 0 aliphatic heterocycles. The third-order valence-corrected chi connectivity index (χ3v) is 7.28. The van der Waals surface area contributed by atoms with E-state index in [4.69, 9.17) is 4.98 Å². The van der Waals surface area contributed by atoms with E-state index in [9.17, 15) is 9.59 Å². The number of benzene rings is 2. The molecule has 2 aromatic heterocycles. The maximum Gasteiger partial charge on any atom is 0.266 e. The van der Waals surface area contributed by atoms with Gasteiger partial charge in [-0.2, -0.15) is 0 Å². The lowest BCUT2D eigenvalue weighted by molar-refractivity contribution is 0.0955. The van der Waals surface area contributed by atoms with Gasteiger partial charge in [0.1, 0.15) is 10.7 Å². The van der Waals surface area contributed by atoms with Gasteiger partial charge in [0.2, 0.25) is 0 Å². The number of thiophene rings is 1. The molecule has 1 saturated carbocycles. The zero-order valence-electron chi connectivity index (χ0n) is 19.2. The van der Waals surface area contributed by atoms with Crippen LogP contribution >= 0.6 is 11.3 Å². The zero-order chi connectivity index (χ0) is 23.7. The Morgan fingerprint density at radius 3 is 2.47 bits per heavy atom. The first kappa shape index (κ1) is 22.2. The van der Waals surface area contributed by atoms with Gasteiger partial charge in [-0.1, -0.05) is 42.5 Å². The molecule has 0 unspecified atom stereocenters. The number of hydrogen-bond donors (Lipinski definition) is 2. The molecular weight excluding hydrogens is 444 g/mol. The highest BCUT2D eigenvalue weighted by atomic mass is 32.1. The minimum Gasteiger partial charge on any atom is -0.352 e. The number of fused-ring (bicyclic) bond motifs is 1. The monoisotopic (exact) mass is 470 g/mol. The Hall–Kier alpha value is -3.58. The molecule has 172 valence electrons. The smallest absolute Gasteiger partial charge is 0.266 e. The van der Waals surface area contributed by atoms with Crippen molar-refractivity contribution in [2.24, 2.45) is 0 Å². The Morgan fingerprint density at radius 2 is 1.71 bits per heavy atom. The van der Waals surface area contributed by atoms with Gasteiger partial charge in [-0.3, -0.25) is 9.59 Å². The molecule has 1 aliphatic carbocycles. The number of nitrogens with zero attached hydrogens (tertiary/aromatic N) is 2. The molecule has 34 heavy (non-hydrogen) atoms. The predicted molar refractivity (Wildman–Crippen MR) is 136 cm³/mol. The summed E-state index contributed by atoms with van der Waals surface area (Å²) < 4.78 is 0. The van der Waals surface area contributed by atoms with Crippen LogP contribution in [-0.4, -0.2) is 28.3 Å². The average Bonchev–Trinajstić information content (AvgIpc) is 3.63. The average molecular weight is 471 g/mol. The van der Waals surface area contributed by atoms with Crippen LogP contribution in [0.1, 0.15) is 61.4 Å². The van der Waals surface area contributed by atoms with Gasteiger partial charge in [0.25, 0.3) is 11.8 Å². The van der Waals surface area contributed by atoms with E-state index in [1.54, 1.807) is 18.2 Å². The van der Waals surface area contributed by atoms with Crippen molar-refractivity contribution in [3.05, 3.63) is 87.7 Å². The molecule has 0 atom stereocenters. The second-order valence-electron chi connectivity index (χ2n) is 8.67. The molecule has 1 aliphatic rings. The van der Waals surface area contributed by atoms with E-state index >= 15 is 0 Å². The summed E-state index contributed by atoms with van der Waals surface area (Å²) in [6.45, 7) is 4.43. The molecule has 1 fully saturated rings. The SMILES string of the molecule is Cc1nc(C2CC2)nc2sc(C(=O)Nc3ccccc3C(=O)NCCc3ccccc3)c(C)c12. The summed E-state index contributed by atoms with van der Waals surface area (Å²) in [6.07, 6.45) is 3.00. The largest absolute Gasteiger partial charge is 0.352 e. The number of rotatable bonds is 7. The molecule has 4 aromatic rings. The van der Waals surface area contributed by atoms with Crippen LogP contribution in [0.4, 0.5) is 5.69 Å². The van der Waals surface area contributed by atoms with Crippen LogP contribution in [-0.2, 0) is 6.42 Å². The lowest BCUT2D eigenvalue weighted by Crippen LogP contribution is -2.27. The van der Waals surface area contributed by atoms with Crippen molar-refractivity contribution in [3.8, 4) is 0 Å². The highest BCUT2D eigenvalue weighted by molar-refractivity contribution is 7.20. The second kappa shape index (κ2) is 9.35. The number of hydrogen-bond acceptors (Lipinski definition) is 5. The molecular formula is C27H26N4O2S. The normalized spacial score (nSPS) is 13.1. The van der Waals surface area contributed by atoms with Crippen LogP contribution in [0.25, 0.3) is 10.2 Å². The van der Waals surface area contributed by atoms with Crippen molar-refractivity contribution in [1.82, 2.24) is 15.3 Å². The van der Waals surface area contributed by atoms with Crippen LogP contribution in [0, 0.1) is 13.8 Å². The summed E-state index contributed by atoms with van der Waals surface area (Å²) in [7, 11) is 0. The molecule has 0 saturated heterocycles. The maximum atomic E-state index is 13.2. The minimum absolute atomic E-state index is 0.212. The fourth-order valence-corrected chi connectivity index (χ4v) is 5.26. The number of para-hydroxylation sites is 1. The highest BCUT2D eigenvalue weighted by Crippen LogP contribution is 2.40. The minimum atomic E-state index is -0.239. The summed E-state index contributed by atoms with van der Waals surface area (Å²) in [5, 5.41) is 6.86. The zero-order valence-corrected chi connectivity index (χ0v) is 20.0. The van der Waals surface area contributed by atoms with E-state index in [0.717, 1.165) is 52.1 Å². The third kappa shape index (κ3) is 4.56. The Labute approximate surface area is 202 Å². The summed E-state index contributed by atoms with van der Waals surface area (Å²) in [5.74, 6) is 0.888. The fourth-order valence-electron chi connectivity index (χ4n) is 4.13. The number of nitrogens with one attached hydrogen (secondary N) is 2. The number of aryl methyl sites for hydroxylation is 2. The van der Waals surface area contributed by atoms with E-state index in [1.807, 2.05) is 50.2 Å². The number of aromatic nitrogens is 2. The van der Waals surface area contributed by atoms with Crippen LogP contribution < -0.4 is 10.6 Å². The predicted octanol–water partition coefficient (Wildman–Crippen LogP) is 5.41. The molecule has 2 amide bonds. The van der Waals surface area contributed by atoms with E-state index in [2.05, 4.69) is 15.6 Å². The van der Waals surface area contributed by atoms with E-state index in [1.165, 1.54) is 11.3 Å². The third-order valence-electron chi connectivity index (χ3n) is 6.10. The van der Waals surface area contributed by atoms with Crippen molar-refractivity contribution in [2.75, 3.05) is 11.9 Å². The second-order valence-corrected chi connectivity index (χ2v) is 9.67. The molecule has 6 nitrogen and oxygen atoms in total. The van der Waals surface area contributed by atoms with Crippen molar-refractivity contribution >= 4 is 39.1 Å². The maximum absolute atomic E-state index is 13.2. The lowest BCUT2D eigenvalue weighted by Gasteiger charge is -2.11. The molecule has 0 radical (unpaired) electrons. The van der Waals surface area contributed by atoms with Crippen LogP contribution in [0.2, 0.25) is 0 Å². The van der Waals surface area contributed by atoms with Crippen LogP contribution in [0.3, 0.4) is 0 Å². The topological polar surface area (TPSA) is 84.0 Å². The first-order chi connectivity index (χ1) is 16.5. The van der Waals surface area contributed by atoms with E-state index in [-0.39, 0.29) is 11.8 Å². The van der Waals surface area contributed by atoms with Gasteiger partial charge < -0.3 is 10.6 Å². The fraction of sp³-hybridized carbons (Fsp3) is 0.259. The van der Waals surface area contributed by atoms with E-state index < -0.39 is 0 Å². The van der Waals surface area contributed by atoms with Gasteiger partial charge in [0.15, 0.2) is 0 Å². The molecule has 2 N–H and O–H groups in total. The van der Waals surface area contributed by atoms with Crippen LogP contribution in [0.15, 0.2) is 54.6 Å². The molecule has 2 aromatic carbocycles. The van der Waals surface area contributed by atoms with Gasteiger partial charge in [-0.15, -0.1) is 11.3 Å². The van der Waals surface area contributed by atoms with Gasteiger partial charge in [-0.05, 0) is 56.4 Å². The van der Waals surface area contributed by atoms with Crippen molar-refractivity contribution in [2.45, 2.75) is 39.0 Å². The van der Waals surface area contributed by atoms with Gasteiger partial charge >= 0.3 is 0 Å². The van der Waals surface area contributed by atoms with Crippen molar-refractivity contribution in [3.63, 3.8) is 0 Å². The van der Waals surface area contributed by atoms with E-state index in [0.29, 0.717) is 28.6 Å². The molecule has 7 heteroatoms. The van der Waals surface area contributed by atoms with Gasteiger partial charge in [-0.25, -0.2) is 9.97 Å². The summed E-state index contributed by atoms with van der Waals surface area (Å²) in [4.78, 5) is 37.0. The number of anilines is 1. The first-order valence-corrected chi connectivity index (χ1v) is 12.3. The van der Waals surface area contributed by atoms with Gasteiger partial charge in [0, 0.05) is 17.8 Å². The summed E-state index contributed by atoms with van der Waals surface area (Å²) in [5.41, 5.74) is 3.88. The van der Waals surface area contributed by atoms with Crippen LogP contribution in [0.5, 0.6) is 0 Å². The highest BCUT2D eigenvalue weighted by Gasteiger charge is 2.28. The first-order valence-electron chi connectivity index (χ1n) is 11.5. The van der Waals surface area contributed by atoms with Gasteiger partial charge in [0.05, 0.1) is 21.8 Å². The molecule has 2 heterocycles. The van der Waals surface area contributed by atoms with Crippen molar-refractivity contribution < 1.29 is 9.59 Å². The number of carbonyl (C=O) groups is 2. The molecule has 0 spiro atoms. The molecule has 5 rings (SSSR count). The number of amides is 2. The Balaban J connectivity index is 1.33. The summed E-state index contributed by atoms with van der Waals surface area (Å²) >= 11 is 1.39. The molecule has 0 bridgehead atoms. The quantitative estimate of drug-likeness (QED) is 0.378.